The molecular weight excluding hydrogens is 1500 g/mol. The zero-order valence-electron chi connectivity index (χ0n) is 58.9. The van der Waals surface area contributed by atoms with Gasteiger partial charge in [0.2, 0.25) is 29.5 Å². The van der Waals surface area contributed by atoms with E-state index in [2.05, 4.69) is 83.8 Å². The summed E-state index contributed by atoms with van der Waals surface area (Å²) in [5, 5.41) is 125. The number of carboxylic acid groups (broad SMARTS) is 1. The van der Waals surface area contributed by atoms with Gasteiger partial charge in [0.05, 0.1) is 85.2 Å². The number of aliphatic hydroxyl groups is 8. The van der Waals surface area contributed by atoms with Crippen LogP contribution in [0.5, 0.6) is 0 Å². The zero-order valence-corrected chi connectivity index (χ0v) is 61.3. The number of rotatable bonds is 39. The van der Waals surface area contributed by atoms with Gasteiger partial charge >= 0.3 is 24.2 Å². The Morgan fingerprint density at radius 3 is 2.09 bits per heavy atom. The molecule has 0 aliphatic carbocycles. The lowest BCUT2D eigenvalue weighted by Gasteiger charge is -2.47. The first-order valence-corrected chi connectivity index (χ1v) is 36.7. The van der Waals surface area contributed by atoms with Gasteiger partial charge < -0.3 is 150 Å². The maximum absolute atomic E-state index is 15.2. The van der Waals surface area contributed by atoms with E-state index in [0.717, 1.165) is 24.7 Å². The Labute approximate surface area is 624 Å². The second-order valence-electron chi connectivity index (χ2n) is 24.7. The molecule has 28 N–H and O–H groups in total. The maximum Gasteiger partial charge on any atom is 0.413 e. The summed E-state index contributed by atoms with van der Waals surface area (Å²) in [5.41, 5.74) is 34.0. The Morgan fingerprint density at radius 2 is 1.49 bits per heavy atom. The lowest BCUT2D eigenvalue weighted by molar-refractivity contribution is -0.372. The first-order valence-electron chi connectivity index (χ1n) is 32.8. The van der Waals surface area contributed by atoms with Gasteiger partial charge in [-0.25, -0.2) is 29.5 Å². The third-order valence-corrected chi connectivity index (χ3v) is 19.1. The molecule has 0 bridgehead atoms. The zero-order chi connectivity index (χ0) is 80.5. The van der Waals surface area contributed by atoms with E-state index < -0.39 is 213 Å². The number of aromatic nitrogens is 6. The molecule has 48 heteroatoms. The van der Waals surface area contributed by atoms with E-state index >= 15 is 4.79 Å². The summed E-state index contributed by atoms with van der Waals surface area (Å²) >= 11 is 2.52. The summed E-state index contributed by atoms with van der Waals surface area (Å²) in [4.78, 5) is 152. The van der Waals surface area contributed by atoms with Crippen LogP contribution in [-0.4, -0.2) is 308 Å². The minimum atomic E-state index is -2.20. The number of esters is 1. The van der Waals surface area contributed by atoms with Crippen LogP contribution in [0.4, 0.5) is 4.79 Å². The highest BCUT2D eigenvalue weighted by atomic mass is 32.2. The Kier molecular flexibility index (Phi) is 35.4. The number of imidazole rings is 1. The SMILES string of the molecule is Cc1c(C(=O)N[C@H](C(=O)N[C@H](C)[C@@H](O)[C@H](C)C(=O)N[C@H](C(=O)NCCc2nc(-c3nc(C(=O)NCCC[S+](C)C)cs3)cs2)[C@@H](C)O)[C@@H](O[C@@H]2O[C@@H](CO)[C@@H](O)[C@H](O)[C@@H]2O[C@H]2O[C@H](CO)[C@@H](O)[C@H](OC(N)=O)[C@@H]2O)c2cnc[nH]2)nc([C@H](CC(N)=O)NC[C@H](N)C(N)=O)[nH]c1=N.[N-]=[N+]=CC(=O)OC[C@H](N)C(=O)O. The molecular formula is C60H91N20O25S3+. The van der Waals surface area contributed by atoms with E-state index in [1.807, 2.05) is 0 Å². The Bertz CT molecular complexity index is 3810. The van der Waals surface area contributed by atoms with Gasteiger partial charge in [0.15, 0.2) is 18.7 Å². The predicted molar refractivity (Wildman–Crippen MR) is 373 cm³/mol. The molecule has 4 aromatic heterocycles. The number of primary amides is 3. The summed E-state index contributed by atoms with van der Waals surface area (Å²) in [5.74, 6) is -9.54. The molecule has 2 fully saturated rings. The molecule has 0 saturated carbocycles. The minimum absolute atomic E-state index is 0.00653. The fourth-order valence-corrected chi connectivity index (χ4v) is 12.5. The topological polar surface area (TPSA) is 754 Å². The fraction of sp³-hybridized carbons (Fsp3) is 0.600. The summed E-state index contributed by atoms with van der Waals surface area (Å²) in [6.45, 7) is 2.67. The Balaban J connectivity index is 0.00000159. The van der Waals surface area contributed by atoms with Crippen molar-refractivity contribution >= 4 is 99.2 Å². The number of carbonyl (C=O) groups excluding carboxylic acids is 9. The van der Waals surface area contributed by atoms with E-state index in [1.165, 1.54) is 50.4 Å². The lowest BCUT2D eigenvalue weighted by Crippen LogP contribution is -2.65. The van der Waals surface area contributed by atoms with Crippen LogP contribution in [0, 0.1) is 18.3 Å². The molecule has 2 aliphatic rings. The number of ether oxygens (including phenoxy) is 6. The second-order valence-corrected chi connectivity index (χ2v) is 28.8. The van der Waals surface area contributed by atoms with Crippen molar-refractivity contribution in [1.82, 2.24) is 61.8 Å². The molecule has 45 nitrogen and oxygen atoms in total. The van der Waals surface area contributed by atoms with Gasteiger partial charge in [-0.2, -0.15) is 4.79 Å². The number of carboxylic acids is 1. The second kappa shape index (κ2) is 42.7. The van der Waals surface area contributed by atoms with Crippen LogP contribution in [-0.2, 0) is 79.3 Å². The Hall–Kier alpha value is -9.02. The first kappa shape index (κ1) is 89.6. The monoisotopic (exact) mass is 1590 g/mol. The number of H-pyrrole nitrogens is 2. The smallest absolute Gasteiger partial charge is 0.413 e. The van der Waals surface area contributed by atoms with Gasteiger partial charge in [-0.1, -0.05) is 6.92 Å². The van der Waals surface area contributed by atoms with Crippen molar-refractivity contribution in [2.24, 2.45) is 34.6 Å². The van der Waals surface area contributed by atoms with Gasteiger partial charge in [-0.3, -0.25) is 43.8 Å². The molecule has 0 aromatic carbocycles. The lowest BCUT2D eigenvalue weighted by atomic mass is 9.96. The number of hydrogen-bond acceptors (Lipinski definition) is 34. The molecule has 6 rings (SSSR count). The van der Waals surface area contributed by atoms with Crippen LogP contribution < -0.4 is 66.1 Å². The number of nitrogens with zero attached hydrogens (tertiary/aromatic N) is 6. The highest BCUT2D eigenvalue weighted by molar-refractivity contribution is 7.95. The number of carbonyl (C=O) groups is 10. The maximum atomic E-state index is 15.2. The van der Waals surface area contributed by atoms with Crippen molar-refractivity contribution in [3.05, 3.63) is 67.8 Å². The standard InChI is InChI=1S/C55H83N17O21S3.C5H7N3O4/c1-20-33(69-46(72-44(20)58)25(12-31(57)76)64-13-24(56)45(59)82)50(86)71-35(41(26-14-61-19-65-26)91-54-43(39(80)37(78)29(15-73)90-54)92-53-40(81)42(93-55(60)88)38(79)30(16-74)89-53)51(87)66-22(3)36(77)21(2)47(83)70-34(23(4)75)49(85)63-10-8-32-67-28(18-94-32)52-68-27(17-95-52)48(84)62-9-7-11-96(5)6;6-3(5(10)11)2-12-4(9)1-8-7/h14,17-19,21-25,29-30,34-43,53-54,64,73-75,77-81H,7-13,15-16,56H2,1-6H3,(H13-,57,58,59,60,61,62,63,65,66,69,70,71,72,76,82,83,84,85,86,87,88);1,3H,2,6H2,(H,10,11)/p+1/t21-,22+,23+,24-,25-,29-,30+,34-,35-,36-,37+,38+,39-,40-,41-,42-,43-,53+,54-;3-/m00/s1. The molecule has 0 unspecified atom stereocenters. The van der Waals surface area contributed by atoms with Crippen LogP contribution in [0.25, 0.3) is 16.2 Å². The number of nitrogens with one attached hydrogen (secondary N) is 9. The van der Waals surface area contributed by atoms with Crippen LogP contribution >= 0.6 is 22.7 Å². The molecule has 4 aromatic rings. The summed E-state index contributed by atoms with van der Waals surface area (Å²) in [6, 6.07) is -9.11. The van der Waals surface area contributed by atoms with Gasteiger partial charge in [0, 0.05) is 55.2 Å². The van der Waals surface area contributed by atoms with E-state index in [9.17, 15) is 84.0 Å². The van der Waals surface area contributed by atoms with E-state index in [4.69, 9.17) is 68.4 Å². The number of aliphatic carboxylic acids is 1. The fourth-order valence-electron chi connectivity index (χ4n) is 10.2. The van der Waals surface area contributed by atoms with E-state index in [1.54, 1.807) is 10.8 Å². The first-order chi connectivity index (χ1) is 50.9. The van der Waals surface area contributed by atoms with E-state index in [-0.39, 0.29) is 59.1 Å². The predicted octanol–water partition coefficient (Wildman–Crippen LogP) is -9.63. The summed E-state index contributed by atoms with van der Waals surface area (Å²) < 4.78 is 33.0. The van der Waals surface area contributed by atoms with Gasteiger partial charge in [-0.05, 0) is 31.7 Å². The van der Waals surface area contributed by atoms with Crippen LogP contribution in [0.2, 0.25) is 0 Å². The van der Waals surface area contributed by atoms with Crippen molar-refractivity contribution in [3.63, 3.8) is 0 Å². The number of aliphatic hydroxyl groups excluding tert-OH is 8. The van der Waals surface area contributed by atoms with Gasteiger partial charge in [0.1, 0.15) is 113 Å². The molecule has 20 atom stereocenters. The molecule has 0 radical (unpaired) electrons. The van der Waals surface area contributed by atoms with Crippen LogP contribution in [0.15, 0.2) is 23.3 Å². The number of thiazole rings is 2. The minimum Gasteiger partial charge on any atom is -0.480 e. The highest BCUT2D eigenvalue weighted by Gasteiger charge is 2.54. The van der Waals surface area contributed by atoms with Crippen LogP contribution in [0.1, 0.15) is 88.8 Å². The normalized spacial score (nSPS) is 22.6. The molecule has 8 amide bonds. The molecule has 2 aliphatic heterocycles. The van der Waals surface area contributed by atoms with E-state index in [0.29, 0.717) is 28.5 Å². The molecule has 6 heterocycles. The number of amides is 8. The average molecular weight is 1590 g/mol. The largest absolute Gasteiger partial charge is 0.480 e. The van der Waals surface area contributed by atoms with Gasteiger partial charge in [0.25, 0.3) is 11.8 Å². The van der Waals surface area contributed by atoms with Crippen molar-refractivity contribution in [1.29, 1.82) is 5.41 Å². The van der Waals surface area contributed by atoms with Crippen LogP contribution in [0.3, 0.4) is 0 Å². The van der Waals surface area contributed by atoms with Gasteiger partial charge in [-0.15, -0.1) is 22.7 Å². The van der Waals surface area contributed by atoms with Crippen molar-refractivity contribution in [2.75, 3.05) is 57.7 Å². The Morgan fingerprint density at radius 1 is 0.815 bits per heavy atom. The third kappa shape index (κ3) is 25.8. The number of hydrogen-bond donors (Lipinski definition) is 23. The van der Waals surface area contributed by atoms with Crippen molar-refractivity contribution in [2.45, 2.75) is 163 Å². The quantitative estimate of drug-likeness (QED) is 0.00493. The molecule has 108 heavy (non-hydrogen) atoms. The molecule has 0 spiro atoms. The summed E-state index contributed by atoms with van der Waals surface area (Å²) in [7, 11) is 0.253. The average Bonchev–Trinajstić information content (AvgIpc) is 0.935. The number of nitrogens with two attached hydrogens (primary N) is 5. The third-order valence-electron chi connectivity index (χ3n) is 16.2. The highest BCUT2D eigenvalue weighted by Crippen LogP contribution is 2.35. The van der Waals surface area contributed by atoms with Crippen molar-refractivity contribution < 1.29 is 127 Å². The molecule has 2 saturated heterocycles. The van der Waals surface area contributed by atoms with Crippen molar-refractivity contribution in [3.8, 4) is 10.7 Å². The number of aromatic amines is 2. The molecule has 598 valence electrons. The summed E-state index contributed by atoms with van der Waals surface area (Å²) in [6.07, 6.45) is -19.5.